The molecule has 1 unspecified atom stereocenters. The summed E-state index contributed by atoms with van der Waals surface area (Å²) >= 11 is 14.9. The predicted octanol–water partition coefficient (Wildman–Crippen LogP) is 4.12. The summed E-state index contributed by atoms with van der Waals surface area (Å²) < 4.78 is 0.936. The lowest BCUT2D eigenvalue weighted by Gasteiger charge is -2.35. The number of halogens is 2. The average molecular weight is 477 g/mol. The van der Waals surface area contributed by atoms with Gasteiger partial charge < -0.3 is 15.2 Å². The first-order chi connectivity index (χ1) is 14.9. The Hall–Kier alpha value is -1.93. The summed E-state index contributed by atoms with van der Waals surface area (Å²) in [5.41, 5.74) is 5.67. The first-order valence-electron chi connectivity index (χ1n) is 10.3. The fourth-order valence-electron chi connectivity index (χ4n) is 4.53. The van der Waals surface area contributed by atoms with Crippen LogP contribution in [0, 0.1) is 12.8 Å². The smallest absolute Gasteiger partial charge is 0.256 e. The molecule has 1 atom stereocenters. The highest BCUT2D eigenvalue weighted by Crippen LogP contribution is 2.40. The number of pyridine rings is 1. The number of nitrogens with zero attached hydrogens (tertiary/aromatic N) is 2. The molecule has 0 aliphatic carbocycles. The van der Waals surface area contributed by atoms with Gasteiger partial charge >= 0.3 is 0 Å². The lowest BCUT2D eigenvalue weighted by Crippen LogP contribution is -2.45. The van der Waals surface area contributed by atoms with Crippen LogP contribution in [0.15, 0.2) is 16.4 Å². The number of aromatic nitrogens is 2. The van der Waals surface area contributed by atoms with Crippen molar-refractivity contribution in [3.05, 3.63) is 59.9 Å². The molecule has 3 aromatic rings. The Morgan fingerprint density at radius 2 is 2.10 bits per heavy atom. The molecule has 2 aliphatic rings. The summed E-state index contributed by atoms with van der Waals surface area (Å²) in [4.78, 5) is 35.1. The number of carbonyl (C=O) groups is 1. The van der Waals surface area contributed by atoms with Gasteiger partial charge in [-0.2, -0.15) is 0 Å². The normalized spacial score (nSPS) is 17.7. The Kier molecular flexibility index (Phi) is 5.33. The maximum Gasteiger partial charge on any atom is 0.256 e. The van der Waals surface area contributed by atoms with Gasteiger partial charge in [-0.05, 0) is 55.5 Å². The molecule has 0 bridgehead atoms. The second kappa shape index (κ2) is 7.89. The number of H-pyrrole nitrogens is 1. The van der Waals surface area contributed by atoms with Crippen LogP contribution in [-0.4, -0.2) is 40.4 Å². The number of hydrogen-bond acceptors (Lipinski definition) is 5. The Balaban J connectivity index is 1.53. The number of hydrogen-bond donors (Lipinski definition) is 2. The van der Waals surface area contributed by atoms with Crippen LogP contribution in [0.3, 0.4) is 0 Å². The van der Waals surface area contributed by atoms with Crippen molar-refractivity contribution in [1.82, 2.24) is 20.2 Å². The van der Waals surface area contributed by atoms with Crippen molar-refractivity contribution >= 4 is 50.7 Å². The van der Waals surface area contributed by atoms with Crippen molar-refractivity contribution in [3.63, 3.8) is 0 Å². The highest BCUT2D eigenvalue weighted by molar-refractivity contribution is 7.16. The number of nitrogens with one attached hydrogen (secondary N) is 2. The molecular formula is C22H22Cl2N4O2S. The van der Waals surface area contributed by atoms with Crippen molar-refractivity contribution in [2.75, 3.05) is 19.6 Å². The molecule has 4 heterocycles. The van der Waals surface area contributed by atoms with E-state index in [1.165, 1.54) is 11.3 Å². The van der Waals surface area contributed by atoms with E-state index in [-0.39, 0.29) is 23.9 Å². The lowest BCUT2D eigenvalue weighted by atomic mass is 9.82. The molecule has 1 saturated heterocycles. The average Bonchev–Trinajstić information content (AvgIpc) is 3.17. The van der Waals surface area contributed by atoms with E-state index in [0.717, 1.165) is 34.6 Å². The van der Waals surface area contributed by atoms with E-state index in [1.807, 2.05) is 13.0 Å². The molecule has 0 saturated carbocycles. The van der Waals surface area contributed by atoms with Crippen LogP contribution in [0.25, 0.3) is 10.2 Å². The molecule has 2 N–H and O–H groups in total. The maximum atomic E-state index is 13.5. The van der Waals surface area contributed by atoms with Gasteiger partial charge in [0.15, 0.2) is 0 Å². The van der Waals surface area contributed by atoms with E-state index in [9.17, 15) is 9.59 Å². The van der Waals surface area contributed by atoms with Crippen molar-refractivity contribution in [3.8, 4) is 0 Å². The number of aryl methyl sites for hydroxylation is 1. The van der Waals surface area contributed by atoms with Crippen LogP contribution in [0.1, 0.15) is 45.6 Å². The van der Waals surface area contributed by atoms with E-state index in [2.05, 4.69) is 22.2 Å². The summed E-state index contributed by atoms with van der Waals surface area (Å²) in [7, 11) is 0. The van der Waals surface area contributed by atoms with Crippen LogP contribution < -0.4 is 10.9 Å². The van der Waals surface area contributed by atoms with Crippen LogP contribution in [0.5, 0.6) is 0 Å². The fraction of sp³-hybridized carbons (Fsp3) is 0.409. The van der Waals surface area contributed by atoms with Crippen LogP contribution >= 0.6 is 34.5 Å². The monoisotopic (exact) mass is 476 g/mol. The first-order valence-corrected chi connectivity index (χ1v) is 12.0. The van der Waals surface area contributed by atoms with E-state index in [4.69, 9.17) is 23.2 Å². The molecule has 2 aliphatic heterocycles. The number of aromatic amines is 1. The fourth-order valence-corrected chi connectivity index (χ4v) is 6.04. The molecule has 1 aromatic carbocycles. The largest absolute Gasteiger partial charge is 0.334 e. The molecule has 5 rings (SSSR count). The number of benzene rings is 1. The van der Waals surface area contributed by atoms with Crippen LogP contribution in [-0.2, 0) is 13.0 Å². The number of fused-ring (bicyclic) bond motifs is 2. The molecule has 6 nitrogen and oxygen atoms in total. The second-order valence-electron chi connectivity index (χ2n) is 8.39. The summed E-state index contributed by atoms with van der Waals surface area (Å²) in [6.07, 6.45) is 0.600. The molecule has 9 heteroatoms. The first kappa shape index (κ1) is 20.9. The van der Waals surface area contributed by atoms with Gasteiger partial charge in [0.2, 0.25) is 0 Å². The van der Waals surface area contributed by atoms with E-state index in [0.29, 0.717) is 45.6 Å². The minimum atomic E-state index is -0.210. The molecular weight excluding hydrogens is 455 g/mol. The SMILES string of the molecule is Cc1[nH]c(=O)c(CN2CCc3c(Cl)cc(C(C)C4CNC4)c(Cl)c3C2=O)c2ncsc12. The Morgan fingerprint density at radius 3 is 2.81 bits per heavy atom. The summed E-state index contributed by atoms with van der Waals surface area (Å²) in [6.45, 7) is 6.52. The lowest BCUT2D eigenvalue weighted by molar-refractivity contribution is 0.0727. The topological polar surface area (TPSA) is 78.1 Å². The summed E-state index contributed by atoms with van der Waals surface area (Å²) in [5, 5.41) is 4.37. The van der Waals surface area contributed by atoms with Gasteiger partial charge in [0.25, 0.3) is 11.5 Å². The van der Waals surface area contributed by atoms with E-state index >= 15 is 0 Å². The quantitative estimate of drug-likeness (QED) is 0.593. The van der Waals surface area contributed by atoms with Crippen LogP contribution in [0.4, 0.5) is 0 Å². The van der Waals surface area contributed by atoms with Gasteiger partial charge in [-0.25, -0.2) is 4.98 Å². The van der Waals surface area contributed by atoms with Gasteiger partial charge in [0.1, 0.15) is 0 Å². The molecule has 31 heavy (non-hydrogen) atoms. The third-order valence-electron chi connectivity index (χ3n) is 6.61. The molecule has 0 spiro atoms. The third-order valence-corrected chi connectivity index (χ3v) is 8.30. The van der Waals surface area contributed by atoms with Gasteiger partial charge in [-0.1, -0.05) is 30.1 Å². The second-order valence-corrected chi connectivity index (χ2v) is 10.0. The Labute approximate surface area is 193 Å². The van der Waals surface area contributed by atoms with Gasteiger partial charge in [-0.15, -0.1) is 11.3 Å². The summed E-state index contributed by atoms with van der Waals surface area (Å²) in [6, 6.07) is 1.93. The molecule has 162 valence electrons. The molecule has 0 radical (unpaired) electrons. The predicted molar refractivity (Wildman–Crippen MR) is 125 cm³/mol. The number of amides is 1. The molecule has 1 amide bonds. The highest BCUT2D eigenvalue weighted by atomic mass is 35.5. The van der Waals surface area contributed by atoms with Crippen molar-refractivity contribution in [1.29, 1.82) is 0 Å². The number of thiazole rings is 1. The standard InChI is InChI=1S/C22H22Cl2N4O2S/c1-10(12-6-25-7-12)14-5-16(23)13-3-4-28(22(30)17(13)18(14)24)8-15-19-20(31-9-26-19)11(2)27-21(15)29/h5,9-10,12,25H,3-4,6-8H2,1-2H3,(H,27,29). The minimum absolute atomic E-state index is 0.183. The minimum Gasteiger partial charge on any atom is -0.334 e. The van der Waals surface area contributed by atoms with Gasteiger partial charge in [-0.3, -0.25) is 9.59 Å². The Morgan fingerprint density at radius 1 is 1.32 bits per heavy atom. The summed E-state index contributed by atoms with van der Waals surface area (Å²) in [5.74, 6) is 0.497. The third kappa shape index (κ3) is 3.39. The van der Waals surface area contributed by atoms with E-state index < -0.39 is 0 Å². The maximum absolute atomic E-state index is 13.5. The van der Waals surface area contributed by atoms with Crippen LogP contribution in [0.2, 0.25) is 10.0 Å². The number of carbonyl (C=O) groups excluding carboxylic acids is 1. The molecule has 1 fully saturated rings. The zero-order valence-electron chi connectivity index (χ0n) is 17.2. The number of rotatable bonds is 4. The van der Waals surface area contributed by atoms with Crippen molar-refractivity contribution in [2.24, 2.45) is 5.92 Å². The molecule has 2 aromatic heterocycles. The van der Waals surface area contributed by atoms with Crippen molar-refractivity contribution in [2.45, 2.75) is 32.7 Å². The van der Waals surface area contributed by atoms with Gasteiger partial charge in [0.05, 0.1) is 38.4 Å². The zero-order valence-corrected chi connectivity index (χ0v) is 19.5. The Bertz CT molecular complexity index is 1260. The van der Waals surface area contributed by atoms with E-state index in [1.54, 1.807) is 10.4 Å². The highest BCUT2D eigenvalue weighted by Gasteiger charge is 2.34. The van der Waals surface area contributed by atoms with Crippen molar-refractivity contribution < 1.29 is 4.79 Å². The van der Waals surface area contributed by atoms with Gasteiger partial charge in [0, 0.05) is 17.3 Å². The zero-order chi connectivity index (χ0) is 21.9.